The summed E-state index contributed by atoms with van der Waals surface area (Å²) in [5.41, 5.74) is 3.37. The van der Waals surface area contributed by atoms with Crippen molar-refractivity contribution in [2.75, 3.05) is 34.7 Å². The average Bonchev–Trinajstić information content (AvgIpc) is 2.69. The molecule has 3 aromatic rings. The number of nitrogens with zero attached hydrogens (tertiary/aromatic N) is 3. The standard InChI is InChI=1S/C21H18Cl3N3/c22-16-1-7-19(8-2-16)25-13-26(20-9-3-17(23)4-10-20)15-27(14-25)21-11-5-18(24)6-12-21/h1-12H,13-15H2. The molecule has 6 heteroatoms. The van der Waals surface area contributed by atoms with Crippen LogP contribution in [0.5, 0.6) is 0 Å². The highest BCUT2D eigenvalue weighted by molar-refractivity contribution is 6.31. The Bertz CT molecular complexity index is 767. The summed E-state index contributed by atoms with van der Waals surface area (Å²) in [5, 5.41) is 2.21. The molecular formula is C21H18Cl3N3. The monoisotopic (exact) mass is 417 g/mol. The molecule has 0 unspecified atom stereocenters. The summed E-state index contributed by atoms with van der Waals surface area (Å²) in [7, 11) is 0. The van der Waals surface area contributed by atoms with Gasteiger partial charge in [0.1, 0.15) is 0 Å². The van der Waals surface area contributed by atoms with Crippen LogP contribution in [0.2, 0.25) is 15.1 Å². The molecule has 1 aliphatic heterocycles. The van der Waals surface area contributed by atoms with Crippen LogP contribution in [0.25, 0.3) is 0 Å². The van der Waals surface area contributed by atoms with E-state index < -0.39 is 0 Å². The van der Waals surface area contributed by atoms with E-state index in [0.717, 1.165) is 52.1 Å². The highest BCUT2D eigenvalue weighted by atomic mass is 35.5. The van der Waals surface area contributed by atoms with Crippen molar-refractivity contribution < 1.29 is 0 Å². The Hall–Kier alpha value is -2.07. The summed E-state index contributed by atoms with van der Waals surface area (Å²) in [6.07, 6.45) is 0. The third-order valence-corrected chi connectivity index (χ3v) is 5.36. The first-order valence-corrected chi connectivity index (χ1v) is 9.73. The molecule has 0 atom stereocenters. The molecule has 0 aromatic heterocycles. The third kappa shape index (κ3) is 4.27. The molecular weight excluding hydrogens is 401 g/mol. The van der Waals surface area contributed by atoms with Crippen LogP contribution in [-0.2, 0) is 0 Å². The van der Waals surface area contributed by atoms with Gasteiger partial charge >= 0.3 is 0 Å². The summed E-state index contributed by atoms with van der Waals surface area (Å²) >= 11 is 18.2. The second kappa shape index (κ2) is 7.89. The topological polar surface area (TPSA) is 9.72 Å². The SMILES string of the molecule is Clc1ccc(N2CN(c3ccc(Cl)cc3)CN(c3ccc(Cl)cc3)C2)cc1. The molecule has 0 amide bonds. The average molecular weight is 419 g/mol. The van der Waals surface area contributed by atoms with Crippen molar-refractivity contribution in [1.82, 2.24) is 0 Å². The predicted octanol–water partition coefficient (Wildman–Crippen LogP) is 6.35. The molecule has 1 heterocycles. The van der Waals surface area contributed by atoms with E-state index in [1.165, 1.54) is 0 Å². The number of halogens is 3. The fraction of sp³-hybridized carbons (Fsp3) is 0.143. The summed E-state index contributed by atoms with van der Waals surface area (Å²) in [6, 6.07) is 23.8. The molecule has 27 heavy (non-hydrogen) atoms. The number of hydrogen-bond donors (Lipinski definition) is 0. The van der Waals surface area contributed by atoms with Gasteiger partial charge in [0.2, 0.25) is 0 Å². The zero-order chi connectivity index (χ0) is 18.8. The van der Waals surface area contributed by atoms with Gasteiger partial charge in [-0.2, -0.15) is 0 Å². The highest BCUT2D eigenvalue weighted by Gasteiger charge is 2.24. The molecule has 4 rings (SSSR count). The minimum atomic E-state index is 0.736. The van der Waals surface area contributed by atoms with Gasteiger partial charge in [-0.15, -0.1) is 0 Å². The van der Waals surface area contributed by atoms with Gasteiger partial charge in [-0.3, -0.25) is 0 Å². The first-order chi connectivity index (χ1) is 13.1. The van der Waals surface area contributed by atoms with Gasteiger partial charge in [0.25, 0.3) is 0 Å². The summed E-state index contributed by atoms with van der Waals surface area (Å²) in [6.45, 7) is 2.31. The van der Waals surface area contributed by atoms with Gasteiger partial charge in [-0.1, -0.05) is 34.8 Å². The summed E-state index contributed by atoms with van der Waals surface area (Å²) in [5.74, 6) is 0. The van der Waals surface area contributed by atoms with Crippen LogP contribution >= 0.6 is 34.8 Å². The first kappa shape index (κ1) is 18.3. The second-order valence-electron chi connectivity index (χ2n) is 6.47. The molecule has 0 saturated carbocycles. The van der Waals surface area contributed by atoms with Crippen molar-refractivity contribution in [3.63, 3.8) is 0 Å². The first-order valence-electron chi connectivity index (χ1n) is 8.60. The van der Waals surface area contributed by atoms with E-state index in [2.05, 4.69) is 14.7 Å². The van der Waals surface area contributed by atoms with E-state index in [0.29, 0.717) is 0 Å². The van der Waals surface area contributed by atoms with Gasteiger partial charge in [0.15, 0.2) is 0 Å². The number of anilines is 3. The molecule has 0 bridgehead atoms. The van der Waals surface area contributed by atoms with Crippen molar-refractivity contribution in [3.05, 3.63) is 87.9 Å². The van der Waals surface area contributed by atoms with Gasteiger partial charge in [0.05, 0.1) is 20.0 Å². The maximum absolute atomic E-state index is 6.06. The Labute approximate surface area is 174 Å². The van der Waals surface area contributed by atoms with Crippen molar-refractivity contribution in [2.45, 2.75) is 0 Å². The van der Waals surface area contributed by atoms with Crippen molar-refractivity contribution >= 4 is 51.9 Å². The van der Waals surface area contributed by atoms with Gasteiger partial charge < -0.3 is 14.7 Å². The van der Waals surface area contributed by atoms with Crippen LogP contribution < -0.4 is 14.7 Å². The normalized spacial score (nSPS) is 14.6. The van der Waals surface area contributed by atoms with Crippen LogP contribution in [0.4, 0.5) is 17.1 Å². The Morgan fingerprint density at radius 3 is 0.852 bits per heavy atom. The molecule has 0 aliphatic carbocycles. The highest BCUT2D eigenvalue weighted by Crippen LogP contribution is 2.28. The minimum Gasteiger partial charge on any atom is -0.336 e. The lowest BCUT2D eigenvalue weighted by molar-refractivity contribution is 0.611. The quantitative estimate of drug-likeness (QED) is 0.490. The van der Waals surface area contributed by atoms with Crippen molar-refractivity contribution in [3.8, 4) is 0 Å². The molecule has 138 valence electrons. The minimum absolute atomic E-state index is 0.736. The molecule has 0 radical (unpaired) electrons. The van der Waals surface area contributed by atoms with Crippen molar-refractivity contribution in [1.29, 1.82) is 0 Å². The molecule has 1 aliphatic rings. The second-order valence-corrected chi connectivity index (χ2v) is 7.78. The predicted molar refractivity (Wildman–Crippen MR) is 116 cm³/mol. The van der Waals surface area contributed by atoms with Crippen molar-refractivity contribution in [2.24, 2.45) is 0 Å². The largest absolute Gasteiger partial charge is 0.336 e. The molecule has 1 fully saturated rings. The van der Waals surface area contributed by atoms with Gasteiger partial charge in [-0.25, -0.2) is 0 Å². The molecule has 3 aromatic carbocycles. The van der Waals surface area contributed by atoms with Crippen LogP contribution in [0, 0.1) is 0 Å². The lowest BCUT2D eigenvalue weighted by atomic mass is 10.2. The molecule has 3 nitrogen and oxygen atoms in total. The Morgan fingerprint density at radius 1 is 0.407 bits per heavy atom. The Balaban J connectivity index is 1.66. The maximum Gasteiger partial charge on any atom is 0.0937 e. The van der Waals surface area contributed by atoms with Crippen LogP contribution in [0.3, 0.4) is 0 Å². The van der Waals surface area contributed by atoms with E-state index in [4.69, 9.17) is 34.8 Å². The number of rotatable bonds is 3. The Kier molecular flexibility index (Phi) is 5.35. The zero-order valence-corrected chi connectivity index (χ0v) is 16.8. The summed E-state index contributed by atoms with van der Waals surface area (Å²) < 4.78 is 0. The maximum atomic E-state index is 6.06. The fourth-order valence-electron chi connectivity index (χ4n) is 3.20. The molecule has 0 spiro atoms. The third-order valence-electron chi connectivity index (χ3n) is 4.60. The lowest BCUT2D eigenvalue weighted by Gasteiger charge is -2.45. The number of hydrogen-bond acceptors (Lipinski definition) is 3. The van der Waals surface area contributed by atoms with E-state index in [1.807, 2.05) is 72.8 Å². The molecule has 0 N–H and O–H groups in total. The van der Waals surface area contributed by atoms with Gasteiger partial charge in [-0.05, 0) is 72.8 Å². The van der Waals surface area contributed by atoms with E-state index in [9.17, 15) is 0 Å². The molecule has 1 saturated heterocycles. The number of benzene rings is 3. The lowest BCUT2D eigenvalue weighted by Crippen LogP contribution is -2.55. The van der Waals surface area contributed by atoms with Crippen LogP contribution in [0.1, 0.15) is 0 Å². The smallest absolute Gasteiger partial charge is 0.0937 e. The zero-order valence-electron chi connectivity index (χ0n) is 14.5. The van der Waals surface area contributed by atoms with Gasteiger partial charge in [0, 0.05) is 32.1 Å². The van der Waals surface area contributed by atoms with Crippen LogP contribution in [0.15, 0.2) is 72.8 Å². The Morgan fingerprint density at radius 2 is 0.630 bits per heavy atom. The van der Waals surface area contributed by atoms with Crippen LogP contribution in [-0.4, -0.2) is 20.0 Å². The van der Waals surface area contributed by atoms with E-state index >= 15 is 0 Å². The van der Waals surface area contributed by atoms with E-state index in [1.54, 1.807) is 0 Å². The van der Waals surface area contributed by atoms with E-state index in [-0.39, 0.29) is 0 Å². The fourth-order valence-corrected chi connectivity index (χ4v) is 3.58. The summed E-state index contributed by atoms with van der Waals surface area (Å²) in [4.78, 5) is 6.93.